The lowest BCUT2D eigenvalue weighted by Crippen LogP contribution is -2.13. The Hall–Kier alpha value is -1.60. The van der Waals surface area contributed by atoms with E-state index in [0.29, 0.717) is 6.04 Å². The van der Waals surface area contributed by atoms with Gasteiger partial charge in [0.25, 0.3) is 0 Å². The van der Waals surface area contributed by atoms with E-state index in [4.69, 9.17) is 0 Å². The molecule has 0 fully saturated rings. The molecule has 1 nitrogen and oxygen atoms in total. The molecule has 2 aromatic carbocycles. The number of hydrogen-bond acceptors (Lipinski definition) is 1. The SMILES string of the molecule is CNC(C)c1ccccc1-c1ccccc1. The second-order valence-corrected chi connectivity index (χ2v) is 3.96. The summed E-state index contributed by atoms with van der Waals surface area (Å²) in [6, 6.07) is 19.4. The lowest BCUT2D eigenvalue weighted by Gasteiger charge is -2.15. The van der Waals surface area contributed by atoms with Crippen molar-refractivity contribution < 1.29 is 0 Å². The van der Waals surface area contributed by atoms with E-state index in [0.717, 1.165) is 0 Å². The second kappa shape index (κ2) is 4.95. The highest BCUT2D eigenvalue weighted by Crippen LogP contribution is 2.27. The van der Waals surface area contributed by atoms with Crippen LogP contribution in [0.3, 0.4) is 0 Å². The maximum Gasteiger partial charge on any atom is 0.0295 e. The quantitative estimate of drug-likeness (QED) is 0.817. The summed E-state index contributed by atoms with van der Waals surface area (Å²) in [6.45, 7) is 2.18. The van der Waals surface area contributed by atoms with Crippen LogP contribution in [0.25, 0.3) is 11.1 Å². The fourth-order valence-electron chi connectivity index (χ4n) is 1.91. The fraction of sp³-hybridized carbons (Fsp3) is 0.200. The summed E-state index contributed by atoms with van der Waals surface area (Å²) in [5.41, 5.74) is 3.93. The first-order chi connectivity index (χ1) is 7.83. The van der Waals surface area contributed by atoms with Crippen LogP contribution in [0, 0.1) is 0 Å². The van der Waals surface area contributed by atoms with E-state index in [1.165, 1.54) is 16.7 Å². The molecule has 1 atom stereocenters. The number of hydrogen-bond donors (Lipinski definition) is 1. The summed E-state index contributed by atoms with van der Waals surface area (Å²) >= 11 is 0. The third-order valence-electron chi connectivity index (χ3n) is 2.95. The summed E-state index contributed by atoms with van der Waals surface area (Å²) < 4.78 is 0. The van der Waals surface area contributed by atoms with Gasteiger partial charge >= 0.3 is 0 Å². The van der Waals surface area contributed by atoms with E-state index in [9.17, 15) is 0 Å². The Balaban J connectivity index is 2.49. The molecule has 0 saturated heterocycles. The minimum absolute atomic E-state index is 0.372. The fourth-order valence-corrected chi connectivity index (χ4v) is 1.91. The van der Waals surface area contributed by atoms with Crippen LogP contribution in [0.2, 0.25) is 0 Å². The molecule has 16 heavy (non-hydrogen) atoms. The Morgan fingerprint density at radius 3 is 2.19 bits per heavy atom. The molecule has 2 aromatic rings. The monoisotopic (exact) mass is 211 g/mol. The molecule has 82 valence electrons. The lowest BCUT2D eigenvalue weighted by molar-refractivity contribution is 0.654. The van der Waals surface area contributed by atoms with Gasteiger partial charge in [0.15, 0.2) is 0 Å². The predicted octanol–water partition coefficient (Wildman–Crippen LogP) is 3.63. The van der Waals surface area contributed by atoms with Crippen molar-refractivity contribution in [3.63, 3.8) is 0 Å². The zero-order valence-electron chi connectivity index (χ0n) is 9.77. The van der Waals surface area contributed by atoms with Gasteiger partial charge in [-0.15, -0.1) is 0 Å². The van der Waals surface area contributed by atoms with Gasteiger partial charge in [-0.05, 0) is 30.7 Å². The molecule has 0 bridgehead atoms. The molecule has 0 heterocycles. The Labute approximate surface area is 97.1 Å². The highest BCUT2D eigenvalue weighted by Gasteiger charge is 2.08. The molecular weight excluding hydrogens is 194 g/mol. The molecule has 0 aliphatic carbocycles. The average Bonchev–Trinajstić information content (AvgIpc) is 2.39. The van der Waals surface area contributed by atoms with Gasteiger partial charge in [-0.25, -0.2) is 0 Å². The molecule has 1 N–H and O–H groups in total. The molecule has 2 rings (SSSR count). The molecule has 0 aromatic heterocycles. The van der Waals surface area contributed by atoms with Gasteiger partial charge in [0.2, 0.25) is 0 Å². The van der Waals surface area contributed by atoms with Gasteiger partial charge in [0, 0.05) is 6.04 Å². The zero-order chi connectivity index (χ0) is 11.4. The molecule has 0 aliphatic heterocycles. The molecule has 1 heteroatoms. The van der Waals surface area contributed by atoms with Crippen molar-refractivity contribution in [1.29, 1.82) is 0 Å². The Bertz CT molecular complexity index is 448. The standard InChI is InChI=1S/C15H17N/c1-12(16-2)14-10-6-7-11-15(14)13-8-4-3-5-9-13/h3-12,16H,1-2H3. The highest BCUT2D eigenvalue weighted by molar-refractivity contribution is 5.67. The van der Waals surface area contributed by atoms with Crippen molar-refractivity contribution in [3.05, 3.63) is 60.2 Å². The van der Waals surface area contributed by atoms with E-state index in [1.807, 2.05) is 13.1 Å². The molecule has 0 amide bonds. The zero-order valence-corrected chi connectivity index (χ0v) is 9.77. The number of nitrogens with one attached hydrogen (secondary N) is 1. The first-order valence-corrected chi connectivity index (χ1v) is 5.64. The van der Waals surface area contributed by atoms with Crippen molar-refractivity contribution in [3.8, 4) is 11.1 Å². The maximum atomic E-state index is 3.29. The van der Waals surface area contributed by atoms with E-state index < -0.39 is 0 Å². The smallest absolute Gasteiger partial charge is 0.0295 e. The summed E-state index contributed by atoms with van der Waals surface area (Å²) in [4.78, 5) is 0. The van der Waals surface area contributed by atoms with Crippen LogP contribution < -0.4 is 5.32 Å². The first kappa shape index (κ1) is 10.9. The topological polar surface area (TPSA) is 12.0 Å². The van der Waals surface area contributed by atoms with Crippen LogP contribution in [-0.4, -0.2) is 7.05 Å². The van der Waals surface area contributed by atoms with E-state index in [2.05, 4.69) is 60.8 Å². The van der Waals surface area contributed by atoms with Gasteiger partial charge in [-0.2, -0.15) is 0 Å². The van der Waals surface area contributed by atoms with Crippen LogP contribution in [0.15, 0.2) is 54.6 Å². The minimum atomic E-state index is 0.372. The summed E-state index contributed by atoms with van der Waals surface area (Å²) in [7, 11) is 1.99. The maximum absolute atomic E-state index is 3.29. The summed E-state index contributed by atoms with van der Waals surface area (Å²) in [5, 5.41) is 3.29. The average molecular weight is 211 g/mol. The molecule has 0 saturated carbocycles. The molecular formula is C15H17N. The van der Waals surface area contributed by atoms with Gasteiger partial charge in [0.05, 0.1) is 0 Å². The normalized spacial score (nSPS) is 12.4. The molecule has 0 spiro atoms. The minimum Gasteiger partial charge on any atom is -0.313 e. The molecule has 0 radical (unpaired) electrons. The first-order valence-electron chi connectivity index (χ1n) is 5.64. The predicted molar refractivity (Wildman–Crippen MR) is 69.4 cm³/mol. The van der Waals surface area contributed by atoms with Gasteiger partial charge in [-0.1, -0.05) is 54.6 Å². The van der Waals surface area contributed by atoms with E-state index >= 15 is 0 Å². The van der Waals surface area contributed by atoms with Crippen LogP contribution in [0.1, 0.15) is 18.5 Å². The molecule has 0 aliphatic rings. The van der Waals surface area contributed by atoms with Crippen LogP contribution >= 0.6 is 0 Å². The Morgan fingerprint density at radius 1 is 0.875 bits per heavy atom. The van der Waals surface area contributed by atoms with Crippen molar-refractivity contribution in [1.82, 2.24) is 5.32 Å². The highest BCUT2D eigenvalue weighted by atomic mass is 14.9. The number of rotatable bonds is 3. The van der Waals surface area contributed by atoms with Crippen molar-refractivity contribution in [2.24, 2.45) is 0 Å². The Morgan fingerprint density at radius 2 is 1.50 bits per heavy atom. The van der Waals surface area contributed by atoms with Gasteiger partial charge < -0.3 is 5.32 Å². The third kappa shape index (κ3) is 2.15. The summed E-state index contributed by atoms with van der Waals surface area (Å²) in [5.74, 6) is 0. The van der Waals surface area contributed by atoms with Crippen molar-refractivity contribution >= 4 is 0 Å². The van der Waals surface area contributed by atoms with Crippen molar-refractivity contribution in [2.45, 2.75) is 13.0 Å². The number of benzene rings is 2. The Kier molecular flexibility index (Phi) is 3.37. The summed E-state index contributed by atoms with van der Waals surface area (Å²) in [6.07, 6.45) is 0. The third-order valence-corrected chi connectivity index (χ3v) is 2.95. The van der Waals surface area contributed by atoms with Crippen molar-refractivity contribution in [2.75, 3.05) is 7.05 Å². The van der Waals surface area contributed by atoms with Crippen LogP contribution in [0.4, 0.5) is 0 Å². The lowest BCUT2D eigenvalue weighted by atomic mass is 9.96. The second-order valence-electron chi connectivity index (χ2n) is 3.96. The van der Waals surface area contributed by atoms with Crippen LogP contribution in [-0.2, 0) is 0 Å². The van der Waals surface area contributed by atoms with E-state index in [1.54, 1.807) is 0 Å². The van der Waals surface area contributed by atoms with Crippen LogP contribution in [0.5, 0.6) is 0 Å². The van der Waals surface area contributed by atoms with Gasteiger partial charge in [-0.3, -0.25) is 0 Å². The van der Waals surface area contributed by atoms with Gasteiger partial charge in [0.1, 0.15) is 0 Å². The molecule has 1 unspecified atom stereocenters. The largest absolute Gasteiger partial charge is 0.313 e. The van der Waals surface area contributed by atoms with E-state index in [-0.39, 0.29) is 0 Å².